The average Bonchev–Trinajstić information content (AvgIpc) is 2.13. The number of hydrogen-bond acceptors (Lipinski definition) is 3. The zero-order valence-electron chi connectivity index (χ0n) is 6.92. The number of hydrogen-bond donors (Lipinski definition) is 2. The molecule has 2 N–H and O–H groups in total. The Balaban J connectivity index is 3.28. The molecule has 0 aromatic carbocycles. The van der Waals surface area contributed by atoms with Gasteiger partial charge in [0.15, 0.2) is 5.75 Å². The molecule has 0 aliphatic rings. The minimum absolute atomic E-state index is 0.0538. The van der Waals surface area contributed by atoms with Crippen molar-refractivity contribution in [1.29, 1.82) is 5.26 Å². The number of aromatic nitrogens is 1. The van der Waals surface area contributed by atoms with E-state index in [0.717, 1.165) is 6.20 Å². The fourth-order valence-electron chi connectivity index (χ4n) is 0.948. The van der Waals surface area contributed by atoms with Gasteiger partial charge in [-0.25, -0.2) is 8.78 Å². The van der Waals surface area contributed by atoms with Crippen LogP contribution in [0.5, 0.6) is 5.75 Å². The van der Waals surface area contributed by atoms with Gasteiger partial charge >= 0.3 is 0 Å². The Hall–Kier alpha value is -1.90. The second kappa shape index (κ2) is 3.87. The molecule has 0 unspecified atom stereocenters. The van der Waals surface area contributed by atoms with Crippen LogP contribution >= 0.6 is 0 Å². The van der Waals surface area contributed by atoms with E-state index in [9.17, 15) is 13.6 Å². The van der Waals surface area contributed by atoms with Crippen LogP contribution in [0, 0.1) is 11.3 Å². The average molecular weight is 200 g/mol. The first-order valence-corrected chi connectivity index (χ1v) is 3.66. The molecule has 0 aliphatic heterocycles. The van der Waals surface area contributed by atoms with Crippen molar-refractivity contribution in [1.82, 2.24) is 4.98 Å². The summed E-state index contributed by atoms with van der Waals surface area (Å²) >= 11 is 0. The number of halogens is 2. The highest BCUT2D eigenvalue weighted by Gasteiger charge is 2.16. The van der Waals surface area contributed by atoms with E-state index in [1.54, 1.807) is 6.07 Å². The lowest BCUT2D eigenvalue weighted by Gasteiger charge is -2.02. The van der Waals surface area contributed by atoms with Crippen molar-refractivity contribution in [2.45, 2.75) is 12.8 Å². The summed E-state index contributed by atoms with van der Waals surface area (Å²) in [5, 5.41) is 17.4. The maximum atomic E-state index is 12.1. The van der Waals surface area contributed by atoms with Gasteiger partial charge < -0.3 is 10.1 Å². The van der Waals surface area contributed by atoms with E-state index in [4.69, 9.17) is 10.4 Å². The van der Waals surface area contributed by atoms with E-state index < -0.39 is 23.2 Å². The second-order valence-electron chi connectivity index (χ2n) is 2.54. The van der Waals surface area contributed by atoms with Crippen molar-refractivity contribution in [2.75, 3.05) is 0 Å². The van der Waals surface area contributed by atoms with Crippen molar-refractivity contribution in [3.8, 4) is 11.8 Å². The molecule has 14 heavy (non-hydrogen) atoms. The van der Waals surface area contributed by atoms with Crippen molar-refractivity contribution in [3.05, 3.63) is 27.7 Å². The molecule has 1 aromatic heterocycles. The Morgan fingerprint density at radius 2 is 2.29 bits per heavy atom. The van der Waals surface area contributed by atoms with Crippen LogP contribution < -0.4 is 5.43 Å². The molecule has 1 rings (SSSR count). The van der Waals surface area contributed by atoms with Gasteiger partial charge in [0.25, 0.3) is 6.43 Å². The number of H-pyrrole nitrogens is 1. The highest BCUT2D eigenvalue weighted by molar-refractivity contribution is 5.32. The van der Waals surface area contributed by atoms with Gasteiger partial charge in [-0.2, -0.15) is 5.26 Å². The molecule has 1 heterocycles. The summed E-state index contributed by atoms with van der Waals surface area (Å²) in [7, 11) is 0. The number of aromatic amines is 1. The van der Waals surface area contributed by atoms with E-state index in [1.165, 1.54) is 0 Å². The van der Waals surface area contributed by atoms with Gasteiger partial charge in [0.05, 0.1) is 23.7 Å². The number of aromatic hydroxyl groups is 1. The molecule has 74 valence electrons. The maximum absolute atomic E-state index is 12.1. The quantitative estimate of drug-likeness (QED) is 0.749. The fourth-order valence-corrected chi connectivity index (χ4v) is 0.948. The van der Waals surface area contributed by atoms with E-state index in [2.05, 4.69) is 4.98 Å². The lowest BCUT2D eigenvalue weighted by molar-refractivity contribution is 0.149. The molecule has 1 aromatic rings. The van der Waals surface area contributed by atoms with Crippen LogP contribution in [0.4, 0.5) is 8.78 Å². The van der Waals surface area contributed by atoms with E-state index in [-0.39, 0.29) is 12.1 Å². The normalized spacial score (nSPS) is 10.1. The molecule has 0 radical (unpaired) electrons. The van der Waals surface area contributed by atoms with Crippen LogP contribution in [0.3, 0.4) is 0 Å². The molecule has 0 fully saturated rings. The Morgan fingerprint density at radius 3 is 2.79 bits per heavy atom. The van der Waals surface area contributed by atoms with Crippen LogP contribution in [0.25, 0.3) is 0 Å². The fraction of sp³-hybridized carbons (Fsp3) is 0.250. The van der Waals surface area contributed by atoms with Crippen LogP contribution in [-0.4, -0.2) is 10.1 Å². The Bertz CT molecular complexity index is 434. The molecule has 4 nitrogen and oxygen atoms in total. The highest BCUT2D eigenvalue weighted by Crippen LogP contribution is 2.18. The number of pyridine rings is 1. The molecule has 6 heteroatoms. The van der Waals surface area contributed by atoms with Gasteiger partial charge in [-0.05, 0) is 0 Å². The minimum Gasteiger partial charge on any atom is -0.503 e. The lowest BCUT2D eigenvalue weighted by Crippen LogP contribution is -2.12. The van der Waals surface area contributed by atoms with Crippen LogP contribution in [0.2, 0.25) is 0 Å². The maximum Gasteiger partial charge on any atom is 0.269 e. The highest BCUT2D eigenvalue weighted by atomic mass is 19.3. The summed E-state index contributed by atoms with van der Waals surface area (Å²) in [4.78, 5) is 13.3. The van der Waals surface area contributed by atoms with Crippen molar-refractivity contribution in [3.63, 3.8) is 0 Å². The third-order valence-electron chi connectivity index (χ3n) is 1.66. The molecule has 0 aliphatic carbocycles. The molecule has 0 saturated heterocycles. The van der Waals surface area contributed by atoms with Crippen LogP contribution in [0.15, 0.2) is 11.0 Å². The first-order chi connectivity index (χ1) is 6.57. The summed E-state index contributed by atoms with van der Waals surface area (Å²) < 4.78 is 24.3. The summed E-state index contributed by atoms with van der Waals surface area (Å²) in [5.74, 6) is -0.815. The largest absolute Gasteiger partial charge is 0.503 e. The van der Waals surface area contributed by atoms with Crippen molar-refractivity contribution >= 4 is 0 Å². The minimum atomic E-state index is -2.94. The number of rotatable bonds is 2. The molecule has 0 atom stereocenters. The van der Waals surface area contributed by atoms with E-state index in [0.29, 0.717) is 0 Å². The van der Waals surface area contributed by atoms with Crippen molar-refractivity contribution in [2.24, 2.45) is 0 Å². The topological polar surface area (TPSA) is 76.9 Å². The lowest BCUT2D eigenvalue weighted by atomic mass is 10.2. The smallest absolute Gasteiger partial charge is 0.269 e. The summed E-state index contributed by atoms with van der Waals surface area (Å²) in [6.07, 6.45) is -2.37. The SMILES string of the molecule is N#CCc1[nH]cc(C(F)F)c(=O)c1O. The zero-order chi connectivity index (χ0) is 10.7. The van der Waals surface area contributed by atoms with Gasteiger partial charge in [0.1, 0.15) is 0 Å². The number of nitriles is 1. The monoisotopic (exact) mass is 200 g/mol. The number of nitrogens with one attached hydrogen (secondary N) is 1. The molecular weight excluding hydrogens is 194 g/mol. The predicted molar refractivity (Wildman–Crippen MR) is 43.0 cm³/mol. The predicted octanol–water partition coefficient (Wildman–Crippen LogP) is 1.08. The van der Waals surface area contributed by atoms with Crippen molar-refractivity contribution < 1.29 is 13.9 Å². The molecular formula is C8H6F2N2O2. The number of alkyl halides is 2. The van der Waals surface area contributed by atoms with Gasteiger partial charge in [-0.15, -0.1) is 0 Å². The molecule has 0 spiro atoms. The standard InChI is InChI=1S/C8H6F2N2O2/c9-8(10)4-3-12-5(1-2-11)7(14)6(4)13/h3,8,14H,1H2,(H,12,13). The Labute approximate surface area is 77.4 Å². The van der Waals surface area contributed by atoms with Crippen LogP contribution in [0.1, 0.15) is 17.7 Å². The van der Waals surface area contributed by atoms with E-state index in [1.807, 2.05) is 0 Å². The van der Waals surface area contributed by atoms with Gasteiger partial charge in [-0.1, -0.05) is 0 Å². The number of nitrogens with zero attached hydrogens (tertiary/aromatic N) is 1. The van der Waals surface area contributed by atoms with Gasteiger partial charge in [0.2, 0.25) is 5.43 Å². The summed E-state index contributed by atoms with van der Waals surface area (Å²) in [5.41, 5.74) is -1.99. The zero-order valence-corrected chi connectivity index (χ0v) is 6.92. The van der Waals surface area contributed by atoms with Crippen LogP contribution in [-0.2, 0) is 6.42 Å². The second-order valence-corrected chi connectivity index (χ2v) is 2.54. The van der Waals surface area contributed by atoms with E-state index >= 15 is 0 Å². The first kappa shape index (κ1) is 10.2. The summed E-state index contributed by atoms with van der Waals surface area (Å²) in [6, 6.07) is 1.68. The Kier molecular flexibility index (Phi) is 2.82. The Morgan fingerprint density at radius 1 is 1.64 bits per heavy atom. The third-order valence-corrected chi connectivity index (χ3v) is 1.66. The molecule has 0 bridgehead atoms. The molecule has 0 saturated carbocycles. The molecule has 0 amide bonds. The van der Waals surface area contributed by atoms with Gasteiger partial charge in [-0.3, -0.25) is 4.79 Å². The first-order valence-electron chi connectivity index (χ1n) is 3.66. The third kappa shape index (κ3) is 1.71. The summed E-state index contributed by atoms with van der Waals surface area (Å²) in [6.45, 7) is 0. The van der Waals surface area contributed by atoms with Gasteiger partial charge in [0, 0.05) is 6.20 Å².